The van der Waals surface area contributed by atoms with Gasteiger partial charge in [0.25, 0.3) is 0 Å². The quantitative estimate of drug-likeness (QED) is 0.321. The molecule has 32 heavy (non-hydrogen) atoms. The topological polar surface area (TPSA) is 105 Å². The van der Waals surface area contributed by atoms with E-state index in [0.29, 0.717) is 31.4 Å². The Bertz CT molecular complexity index is 804. The lowest BCUT2D eigenvalue weighted by atomic mass is 9.94. The van der Waals surface area contributed by atoms with Crippen molar-refractivity contribution in [1.82, 2.24) is 5.32 Å². The van der Waals surface area contributed by atoms with Gasteiger partial charge in [-0.2, -0.15) is 0 Å². The number of amides is 1. The van der Waals surface area contributed by atoms with Crippen molar-refractivity contribution in [2.24, 2.45) is 5.92 Å². The van der Waals surface area contributed by atoms with Gasteiger partial charge in [-0.25, -0.2) is 9.59 Å². The fourth-order valence-corrected chi connectivity index (χ4v) is 3.48. The van der Waals surface area contributed by atoms with Gasteiger partial charge in [0.2, 0.25) is 0 Å². The highest BCUT2D eigenvalue weighted by atomic mass is 16.5. The summed E-state index contributed by atoms with van der Waals surface area (Å²) in [6, 6.07) is 4.94. The molecule has 0 bridgehead atoms. The first kappa shape index (κ1) is 25.5. The SMILES string of the molecule is CCCCCOC(=O)N/C=C/C[C@H]1C[C@@H](O)[C@@H](C)C/C=C/Cc2cccc(O)c2C(=O)O1. The Hall–Kier alpha value is -2.80. The Morgan fingerprint density at radius 3 is 2.91 bits per heavy atom. The summed E-state index contributed by atoms with van der Waals surface area (Å²) in [5, 5.41) is 23.3. The van der Waals surface area contributed by atoms with Crippen molar-refractivity contribution in [1.29, 1.82) is 0 Å². The van der Waals surface area contributed by atoms with Gasteiger partial charge in [0.05, 0.1) is 12.7 Å². The summed E-state index contributed by atoms with van der Waals surface area (Å²) in [4.78, 5) is 24.5. The monoisotopic (exact) mass is 445 g/mol. The summed E-state index contributed by atoms with van der Waals surface area (Å²) in [7, 11) is 0. The van der Waals surface area contributed by atoms with Crippen molar-refractivity contribution in [3.8, 4) is 5.75 Å². The van der Waals surface area contributed by atoms with Crippen LogP contribution in [0, 0.1) is 5.92 Å². The van der Waals surface area contributed by atoms with E-state index in [1.165, 1.54) is 12.3 Å². The van der Waals surface area contributed by atoms with E-state index in [9.17, 15) is 19.8 Å². The number of cyclic esters (lactones) is 1. The highest BCUT2D eigenvalue weighted by Gasteiger charge is 2.25. The standard InChI is InChI=1S/C25H35NO6/c1-3-4-7-16-31-25(30)26-15-9-13-20-17-22(28)18(2)10-5-6-11-19-12-8-14-21(27)23(19)24(29)32-20/h5-6,8-9,12,14-15,18,20,22,27-28H,3-4,7,10-11,13,16-17H2,1-2H3,(H,26,30)/b6-5+,15-9+/t18-,20-,22+/m0/s1. The fourth-order valence-electron chi connectivity index (χ4n) is 3.48. The number of phenols is 1. The van der Waals surface area contributed by atoms with Crippen molar-refractivity contribution in [3.05, 3.63) is 53.8 Å². The molecular formula is C25H35NO6. The third-order valence-electron chi connectivity index (χ3n) is 5.48. The number of rotatable bonds is 7. The number of nitrogens with one attached hydrogen (secondary N) is 1. The van der Waals surface area contributed by atoms with E-state index >= 15 is 0 Å². The number of aliphatic hydroxyl groups is 1. The Morgan fingerprint density at radius 1 is 1.31 bits per heavy atom. The summed E-state index contributed by atoms with van der Waals surface area (Å²) < 4.78 is 10.7. The second kappa shape index (κ2) is 13.6. The molecule has 0 radical (unpaired) electrons. The van der Waals surface area contributed by atoms with Crippen LogP contribution in [-0.4, -0.2) is 41.1 Å². The van der Waals surface area contributed by atoms with E-state index in [0.717, 1.165) is 19.3 Å². The molecule has 0 aliphatic carbocycles. The minimum Gasteiger partial charge on any atom is -0.507 e. The van der Waals surface area contributed by atoms with Crippen LogP contribution in [0.25, 0.3) is 0 Å². The smallest absolute Gasteiger partial charge is 0.411 e. The number of aliphatic hydroxyl groups excluding tert-OH is 1. The Balaban J connectivity index is 2.05. The summed E-state index contributed by atoms with van der Waals surface area (Å²) in [6.45, 7) is 4.40. The Morgan fingerprint density at radius 2 is 2.12 bits per heavy atom. The Labute approximate surface area is 190 Å². The van der Waals surface area contributed by atoms with Gasteiger partial charge in [-0.15, -0.1) is 0 Å². The minimum absolute atomic E-state index is 0.00396. The largest absolute Gasteiger partial charge is 0.507 e. The molecule has 176 valence electrons. The molecule has 0 unspecified atom stereocenters. The number of aromatic hydroxyl groups is 1. The predicted octanol–water partition coefficient (Wildman–Crippen LogP) is 4.63. The zero-order chi connectivity index (χ0) is 23.3. The second-order valence-electron chi connectivity index (χ2n) is 8.16. The number of carbonyl (C=O) groups excluding carboxylic acids is 2. The number of alkyl carbamates (subject to hydrolysis) is 1. The minimum atomic E-state index is -0.661. The van der Waals surface area contributed by atoms with Crippen molar-refractivity contribution in [2.45, 2.75) is 71.0 Å². The molecule has 0 aromatic heterocycles. The zero-order valence-electron chi connectivity index (χ0n) is 19.0. The lowest BCUT2D eigenvalue weighted by molar-refractivity contribution is 0.00678. The van der Waals surface area contributed by atoms with Crippen LogP contribution in [0.2, 0.25) is 0 Å². The molecule has 1 aliphatic rings. The number of benzene rings is 1. The molecule has 1 aromatic rings. The zero-order valence-corrected chi connectivity index (χ0v) is 19.0. The number of unbranched alkanes of at least 4 members (excludes halogenated alkanes) is 2. The number of phenolic OH excluding ortho intramolecular Hbond substituents is 1. The van der Waals surface area contributed by atoms with Gasteiger partial charge in [0.1, 0.15) is 17.4 Å². The number of fused-ring (bicyclic) bond motifs is 1. The molecule has 1 aliphatic heterocycles. The van der Waals surface area contributed by atoms with Crippen LogP contribution in [0.5, 0.6) is 5.75 Å². The number of ether oxygens (including phenoxy) is 2. The van der Waals surface area contributed by atoms with E-state index < -0.39 is 24.3 Å². The molecule has 1 amide bonds. The fraction of sp³-hybridized carbons (Fsp3) is 0.520. The molecule has 1 heterocycles. The third kappa shape index (κ3) is 8.38. The average Bonchev–Trinajstić information content (AvgIpc) is 2.76. The first-order valence-corrected chi connectivity index (χ1v) is 11.4. The number of allylic oxidation sites excluding steroid dienone is 2. The molecule has 3 N–H and O–H groups in total. The molecule has 0 saturated heterocycles. The van der Waals surface area contributed by atoms with Crippen molar-refractivity contribution < 1.29 is 29.3 Å². The van der Waals surface area contributed by atoms with Crippen LogP contribution in [0.3, 0.4) is 0 Å². The highest BCUT2D eigenvalue weighted by molar-refractivity contribution is 5.94. The van der Waals surface area contributed by atoms with Crippen LogP contribution in [0.4, 0.5) is 4.79 Å². The van der Waals surface area contributed by atoms with Gasteiger partial charge >= 0.3 is 12.1 Å². The van der Waals surface area contributed by atoms with E-state index in [2.05, 4.69) is 12.2 Å². The molecule has 3 atom stereocenters. The van der Waals surface area contributed by atoms with Crippen LogP contribution >= 0.6 is 0 Å². The summed E-state index contributed by atoms with van der Waals surface area (Å²) in [5.41, 5.74) is 0.824. The summed E-state index contributed by atoms with van der Waals surface area (Å²) >= 11 is 0. The summed E-state index contributed by atoms with van der Waals surface area (Å²) in [6.07, 6.45) is 9.82. The van der Waals surface area contributed by atoms with Gasteiger partial charge in [-0.3, -0.25) is 5.32 Å². The van der Waals surface area contributed by atoms with Gasteiger partial charge in [0, 0.05) is 19.0 Å². The molecule has 0 saturated carbocycles. The van der Waals surface area contributed by atoms with Crippen molar-refractivity contribution in [3.63, 3.8) is 0 Å². The number of hydrogen-bond donors (Lipinski definition) is 3. The lowest BCUT2D eigenvalue weighted by Crippen LogP contribution is -2.28. The maximum Gasteiger partial charge on any atom is 0.411 e. The van der Waals surface area contributed by atoms with E-state index in [1.807, 2.05) is 19.1 Å². The Kier molecular flexibility index (Phi) is 10.8. The number of hydrogen-bond acceptors (Lipinski definition) is 6. The molecule has 2 rings (SSSR count). The molecule has 1 aromatic carbocycles. The summed E-state index contributed by atoms with van der Waals surface area (Å²) in [5.74, 6) is -0.766. The molecule has 0 fully saturated rings. The number of esters is 1. The maximum atomic E-state index is 12.9. The number of carbonyl (C=O) groups is 2. The normalized spacial score (nSPS) is 22.8. The molecule has 7 nitrogen and oxygen atoms in total. The van der Waals surface area contributed by atoms with Gasteiger partial charge in [-0.1, -0.05) is 57.0 Å². The van der Waals surface area contributed by atoms with E-state index in [-0.39, 0.29) is 23.7 Å². The van der Waals surface area contributed by atoms with E-state index in [1.54, 1.807) is 18.2 Å². The second-order valence-corrected chi connectivity index (χ2v) is 8.16. The first-order chi connectivity index (χ1) is 15.4. The maximum absolute atomic E-state index is 12.9. The van der Waals surface area contributed by atoms with Crippen LogP contribution in [0.1, 0.15) is 68.3 Å². The van der Waals surface area contributed by atoms with Crippen LogP contribution in [0.15, 0.2) is 42.6 Å². The molecular weight excluding hydrogens is 410 g/mol. The third-order valence-corrected chi connectivity index (χ3v) is 5.48. The van der Waals surface area contributed by atoms with Gasteiger partial charge in [0.15, 0.2) is 0 Å². The van der Waals surface area contributed by atoms with E-state index in [4.69, 9.17) is 9.47 Å². The molecule has 7 heteroatoms. The van der Waals surface area contributed by atoms with Gasteiger partial charge < -0.3 is 19.7 Å². The van der Waals surface area contributed by atoms with Crippen LogP contribution in [-0.2, 0) is 15.9 Å². The van der Waals surface area contributed by atoms with Crippen molar-refractivity contribution in [2.75, 3.05) is 6.61 Å². The predicted molar refractivity (Wildman–Crippen MR) is 122 cm³/mol. The first-order valence-electron chi connectivity index (χ1n) is 11.4. The lowest BCUT2D eigenvalue weighted by Gasteiger charge is -2.24. The highest BCUT2D eigenvalue weighted by Crippen LogP contribution is 2.26. The van der Waals surface area contributed by atoms with Gasteiger partial charge in [-0.05, 0) is 36.8 Å². The van der Waals surface area contributed by atoms with Crippen LogP contribution < -0.4 is 5.32 Å². The average molecular weight is 446 g/mol. The molecule has 0 spiro atoms. The van der Waals surface area contributed by atoms with Crippen molar-refractivity contribution >= 4 is 12.1 Å².